The number of halogens is 1. The molecule has 164 valence electrons. The highest BCUT2D eigenvalue weighted by atomic mass is 19.1. The first-order valence-corrected chi connectivity index (χ1v) is 12.0. The zero-order valence-electron chi connectivity index (χ0n) is 19.3. The second-order valence-electron chi connectivity index (χ2n) is 8.54. The minimum absolute atomic E-state index is 0.367. The summed E-state index contributed by atoms with van der Waals surface area (Å²) in [5, 5.41) is 0. The molecule has 3 aromatic rings. The van der Waals surface area contributed by atoms with Crippen LogP contribution < -0.4 is 0 Å². The lowest BCUT2D eigenvalue weighted by molar-refractivity contribution is 0.562. The Balaban J connectivity index is 1.84. The third-order valence-corrected chi connectivity index (χ3v) is 6.12. The minimum Gasteiger partial charge on any atom is -0.224 e. The van der Waals surface area contributed by atoms with E-state index in [4.69, 9.17) is 0 Å². The molecule has 0 aliphatic rings. The Morgan fingerprint density at radius 3 is 1.97 bits per heavy atom. The quantitative estimate of drug-likeness (QED) is 0.224. The molecule has 0 unspecified atom stereocenters. The highest BCUT2D eigenvalue weighted by Crippen LogP contribution is 2.35. The van der Waals surface area contributed by atoms with E-state index in [0.717, 1.165) is 36.9 Å². The number of benzene rings is 2. The molecule has 3 rings (SSSR count). The summed E-state index contributed by atoms with van der Waals surface area (Å²) >= 11 is 0. The van der Waals surface area contributed by atoms with Crippen molar-refractivity contribution in [1.29, 1.82) is 0 Å². The van der Waals surface area contributed by atoms with Gasteiger partial charge in [0.15, 0.2) is 0 Å². The van der Waals surface area contributed by atoms with Crippen LogP contribution in [0.5, 0.6) is 0 Å². The Bertz CT molecular complexity index is 939. The van der Waals surface area contributed by atoms with E-state index < -0.39 is 0 Å². The van der Waals surface area contributed by atoms with Gasteiger partial charge in [-0.2, -0.15) is 4.39 Å². The van der Waals surface area contributed by atoms with Gasteiger partial charge in [0.2, 0.25) is 5.95 Å². The number of unbranched alkanes of at least 4 members (excludes halogenated alkanes) is 2. The first-order valence-electron chi connectivity index (χ1n) is 12.0. The maximum Gasteiger partial charge on any atom is 0.220 e. The van der Waals surface area contributed by atoms with Crippen molar-refractivity contribution in [2.45, 2.75) is 78.1 Å². The zero-order chi connectivity index (χ0) is 22.1. The second kappa shape index (κ2) is 11.8. The van der Waals surface area contributed by atoms with E-state index in [-0.39, 0.29) is 5.95 Å². The Hall–Kier alpha value is -2.48. The molecule has 0 atom stereocenters. The van der Waals surface area contributed by atoms with Crippen molar-refractivity contribution in [3.05, 3.63) is 77.9 Å². The van der Waals surface area contributed by atoms with Crippen LogP contribution >= 0.6 is 0 Å². The number of rotatable bonds is 11. The number of aryl methyl sites for hydroxylation is 1. The monoisotopic (exact) mass is 417 g/mol. The molecule has 1 heterocycles. The van der Waals surface area contributed by atoms with E-state index in [1.807, 2.05) is 24.3 Å². The van der Waals surface area contributed by atoms with Gasteiger partial charge in [-0.15, -0.1) is 0 Å². The van der Waals surface area contributed by atoms with Crippen LogP contribution in [0.4, 0.5) is 4.39 Å². The van der Waals surface area contributed by atoms with Crippen molar-refractivity contribution in [1.82, 2.24) is 4.98 Å². The molecular formula is C29H36FN. The lowest BCUT2D eigenvalue weighted by Crippen LogP contribution is -2.01. The predicted molar refractivity (Wildman–Crippen MR) is 131 cm³/mol. The molecule has 0 saturated heterocycles. The standard InChI is InChI=1S/C29H36FN/c1-4-7-8-13-25-20-21-28(29(30)31-25)24-18-16-23(17-19-24)27-15-10-9-14-26(27)22(11-5-2)12-6-3/h9-10,14-22H,4-8,11-13H2,1-3H3. The molecule has 0 spiro atoms. The molecule has 2 heteroatoms. The van der Waals surface area contributed by atoms with Crippen molar-refractivity contribution >= 4 is 0 Å². The lowest BCUT2D eigenvalue weighted by Gasteiger charge is -2.20. The first kappa shape index (κ1) is 23.2. The summed E-state index contributed by atoms with van der Waals surface area (Å²) in [6.45, 7) is 6.70. The summed E-state index contributed by atoms with van der Waals surface area (Å²) in [5.41, 5.74) is 6.23. The molecular weight excluding hydrogens is 381 g/mol. The number of pyridine rings is 1. The summed E-state index contributed by atoms with van der Waals surface area (Å²) in [4.78, 5) is 4.21. The van der Waals surface area contributed by atoms with Crippen LogP contribution in [-0.4, -0.2) is 4.98 Å². The molecule has 0 bridgehead atoms. The predicted octanol–water partition coefficient (Wildman–Crippen LogP) is 8.97. The fourth-order valence-corrected chi connectivity index (χ4v) is 4.48. The Kier molecular flexibility index (Phi) is 8.82. The highest BCUT2D eigenvalue weighted by molar-refractivity contribution is 5.72. The maximum atomic E-state index is 14.7. The molecule has 0 amide bonds. The molecule has 0 N–H and O–H groups in total. The highest BCUT2D eigenvalue weighted by Gasteiger charge is 2.15. The van der Waals surface area contributed by atoms with Gasteiger partial charge in [0.1, 0.15) is 0 Å². The zero-order valence-corrected chi connectivity index (χ0v) is 19.3. The fourth-order valence-electron chi connectivity index (χ4n) is 4.48. The number of hydrogen-bond acceptors (Lipinski definition) is 1. The van der Waals surface area contributed by atoms with Crippen LogP contribution in [0.3, 0.4) is 0 Å². The number of hydrogen-bond donors (Lipinski definition) is 0. The molecule has 2 aromatic carbocycles. The van der Waals surface area contributed by atoms with Gasteiger partial charge >= 0.3 is 0 Å². The van der Waals surface area contributed by atoms with Gasteiger partial charge in [0.05, 0.1) is 0 Å². The number of aromatic nitrogens is 1. The summed E-state index contributed by atoms with van der Waals surface area (Å²) in [6, 6.07) is 20.9. The van der Waals surface area contributed by atoms with Crippen molar-refractivity contribution in [2.24, 2.45) is 0 Å². The average molecular weight is 418 g/mol. The second-order valence-corrected chi connectivity index (χ2v) is 8.54. The molecule has 0 fully saturated rings. The largest absolute Gasteiger partial charge is 0.224 e. The van der Waals surface area contributed by atoms with Gasteiger partial charge in [-0.25, -0.2) is 4.98 Å². The van der Waals surface area contributed by atoms with Gasteiger partial charge in [0.25, 0.3) is 0 Å². The third kappa shape index (κ3) is 6.03. The Morgan fingerprint density at radius 1 is 0.710 bits per heavy atom. The topological polar surface area (TPSA) is 12.9 Å². The van der Waals surface area contributed by atoms with E-state index in [9.17, 15) is 4.39 Å². The third-order valence-electron chi connectivity index (χ3n) is 6.12. The minimum atomic E-state index is -0.367. The van der Waals surface area contributed by atoms with Gasteiger partial charge in [-0.05, 0) is 66.0 Å². The van der Waals surface area contributed by atoms with E-state index in [1.54, 1.807) is 0 Å². The van der Waals surface area contributed by atoms with Crippen LogP contribution in [0.1, 0.15) is 82.9 Å². The molecule has 1 nitrogen and oxygen atoms in total. The molecule has 0 aliphatic heterocycles. The van der Waals surface area contributed by atoms with Crippen LogP contribution in [0.2, 0.25) is 0 Å². The van der Waals surface area contributed by atoms with E-state index >= 15 is 0 Å². The smallest absolute Gasteiger partial charge is 0.220 e. The average Bonchev–Trinajstić information content (AvgIpc) is 2.79. The van der Waals surface area contributed by atoms with E-state index in [0.29, 0.717) is 11.5 Å². The Labute approximate surface area is 187 Å². The van der Waals surface area contributed by atoms with Gasteiger partial charge in [-0.3, -0.25) is 0 Å². The van der Waals surface area contributed by atoms with Gasteiger partial charge < -0.3 is 0 Å². The fraction of sp³-hybridized carbons (Fsp3) is 0.414. The van der Waals surface area contributed by atoms with E-state index in [2.05, 4.69) is 62.2 Å². The van der Waals surface area contributed by atoms with Crippen LogP contribution in [-0.2, 0) is 6.42 Å². The van der Waals surface area contributed by atoms with Crippen molar-refractivity contribution in [2.75, 3.05) is 0 Å². The summed E-state index contributed by atoms with van der Waals surface area (Å²) in [5.74, 6) is 0.223. The van der Waals surface area contributed by atoms with Crippen molar-refractivity contribution in [3.8, 4) is 22.3 Å². The van der Waals surface area contributed by atoms with Gasteiger partial charge in [-0.1, -0.05) is 95.0 Å². The lowest BCUT2D eigenvalue weighted by atomic mass is 9.85. The normalized spacial score (nSPS) is 11.3. The molecule has 0 radical (unpaired) electrons. The van der Waals surface area contributed by atoms with E-state index in [1.165, 1.54) is 42.4 Å². The summed E-state index contributed by atoms with van der Waals surface area (Å²) in [7, 11) is 0. The molecule has 0 saturated carbocycles. The summed E-state index contributed by atoms with van der Waals surface area (Å²) in [6.07, 6.45) is 9.04. The number of nitrogens with zero attached hydrogens (tertiary/aromatic N) is 1. The van der Waals surface area contributed by atoms with Crippen LogP contribution in [0, 0.1) is 5.95 Å². The Morgan fingerprint density at radius 2 is 1.35 bits per heavy atom. The summed E-state index contributed by atoms with van der Waals surface area (Å²) < 4.78 is 14.7. The maximum absolute atomic E-state index is 14.7. The van der Waals surface area contributed by atoms with Crippen molar-refractivity contribution < 1.29 is 4.39 Å². The molecule has 1 aromatic heterocycles. The van der Waals surface area contributed by atoms with Gasteiger partial charge in [0, 0.05) is 11.3 Å². The van der Waals surface area contributed by atoms with Crippen LogP contribution in [0.15, 0.2) is 60.7 Å². The first-order chi connectivity index (χ1) is 15.2. The van der Waals surface area contributed by atoms with Crippen molar-refractivity contribution in [3.63, 3.8) is 0 Å². The molecule has 0 aliphatic carbocycles. The molecule has 31 heavy (non-hydrogen) atoms. The van der Waals surface area contributed by atoms with Crippen LogP contribution in [0.25, 0.3) is 22.3 Å². The SMILES string of the molecule is CCCCCc1ccc(-c2ccc(-c3ccccc3C(CCC)CCC)cc2)c(F)n1.